The van der Waals surface area contributed by atoms with E-state index in [2.05, 4.69) is 10.3 Å². The van der Waals surface area contributed by atoms with Gasteiger partial charge < -0.3 is 11.1 Å². The fourth-order valence-corrected chi connectivity index (χ4v) is 2.92. The first-order valence-corrected chi connectivity index (χ1v) is 6.95. The van der Waals surface area contributed by atoms with Crippen LogP contribution >= 0.6 is 22.7 Å². The van der Waals surface area contributed by atoms with E-state index >= 15 is 0 Å². The smallest absolute Gasteiger partial charge is 0.322 e. The summed E-state index contributed by atoms with van der Waals surface area (Å²) in [6.07, 6.45) is 0.507. The molecule has 0 unspecified atom stereocenters. The number of nitrogens with one attached hydrogen (secondary N) is 1. The highest BCUT2D eigenvalue weighted by atomic mass is 32.1. The minimum absolute atomic E-state index is 0.0912. The number of nitrogens with zero attached hydrogens (tertiary/aromatic N) is 2. The molecular formula is C10H10N4O3S2. The van der Waals surface area contributed by atoms with E-state index in [9.17, 15) is 14.9 Å². The van der Waals surface area contributed by atoms with Crippen LogP contribution in [0.25, 0.3) is 0 Å². The van der Waals surface area contributed by atoms with Gasteiger partial charge in [-0.1, -0.05) is 11.3 Å². The number of nitrogens with two attached hydrogens (primary N) is 1. The van der Waals surface area contributed by atoms with Crippen LogP contribution in [0.15, 0.2) is 17.5 Å². The van der Waals surface area contributed by atoms with Gasteiger partial charge in [0, 0.05) is 22.7 Å². The van der Waals surface area contributed by atoms with E-state index in [1.165, 1.54) is 17.4 Å². The summed E-state index contributed by atoms with van der Waals surface area (Å²) in [6.45, 7) is -0.0912. The number of anilines is 1. The van der Waals surface area contributed by atoms with Gasteiger partial charge in [0.2, 0.25) is 5.91 Å². The molecule has 100 valence electrons. The predicted octanol–water partition coefficient (Wildman–Crippen LogP) is 1.60. The number of amides is 1. The number of hydrogen-bond donors (Lipinski definition) is 2. The fraction of sp³-hybridized carbons (Fsp3) is 0.200. The van der Waals surface area contributed by atoms with Gasteiger partial charge in [0.25, 0.3) is 0 Å². The second-order valence-corrected chi connectivity index (χ2v) is 5.58. The molecule has 0 saturated carbocycles. The van der Waals surface area contributed by atoms with Gasteiger partial charge in [0.1, 0.15) is 0 Å². The average molecular weight is 298 g/mol. The highest BCUT2D eigenvalue weighted by molar-refractivity contribution is 7.15. The maximum Gasteiger partial charge on any atom is 0.324 e. The number of carbonyl (C=O) groups excluding carboxylic acids is 1. The molecule has 9 heteroatoms. The van der Waals surface area contributed by atoms with Crippen LogP contribution < -0.4 is 11.1 Å². The molecule has 0 aliphatic heterocycles. The molecule has 19 heavy (non-hydrogen) atoms. The number of aromatic nitrogens is 1. The molecule has 0 aromatic carbocycles. The van der Waals surface area contributed by atoms with Gasteiger partial charge in [-0.25, -0.2) is 4.98 Å². The summed E-state index contributed by atoms with van der Waals surface area (Å²) >= 11 is 2.42. The van der Waals surface area contributed by atoms with Crippen molar-refractivity contribution in [2.24, 2.45) is 5.73 Å². The van der Waals surface area contributed by atoms with Crippen molar-refractivity contribution in [1.29, 1.82) is 0 Å². The maximum absolute atomic E-state index is 11.1. The molecule has 0 bridgehead atoms. The van der Waals surface area contributed by atoms with Gasteiger partial charge in [-0.05, 0) is 6.07 Å². The predicted molar refractivity (Wildman–Crippen MR) is 73.6 cm³/mol. The molecule has 0 spiro atoms. The molecule has 0 aliphatic carbocycles. The summed E-state index contributed by atoms with van der Waals surface area (Å²) < 4.78 is 0. The van der Waals surface area contributed by atoms with Crippen molar-refractivity contribution < 1.29 is 9.72 Å². The highest BCUT2D eigenvalue weighted by Crippen LogP contribution is 2.27. The summed E-state index contributed by atoms with van der Waals surface area (Å²) in [6, 6.07) is 3.18. The standard InChI is InChI=1S/C10H10N4O3S2/c11-4-8(15)13-10-12-6(5-18-10)3-7-1-2-9(19-7)14(16)17/h1-2,5H,3-4,11H2,(H,12,13,15). The largest absolute Gasteiger partial charge is 0.324 e. The molecule has 7 nitrogen and oxygen atoms in total. The summed E-state index contributed by atoms with van der Waals surface area (Å²) in [4.78, 5) is 26.3. The summed E-state index contributed by atoms with van der Waals surface area (Å²) in [5.41, 5.74) is 5.94. The summed E-state index contributed by atoms with van der Waals surface area (Å²) in [5, 5.41) is 15.5. The number of carbonyl (C=O) groups is 1. The van der Waals surface area contributed by atoms with Crippen LogP contribution in [-0.2, 0) is 11.2 Å². The Balaban J connectivity index is 2.02. The number of rotatable bonds is 5. The van der Waals surface area contributed by atoms with E-state index in [4.69, 9.17) is 5.73 Å². The molecule has 0 radical (unpaired) electrons. The number of thiophene rings is 1. The third-order valence-electron chi connectivity index (χ3n) is 2.17. The first kappa shape index (κ1) is 13.6. The van der Waals surface area contributed by atoms with Gasteiger partial charge >= 0.3 is 5.00 Å². The van der Waals surface area contributed by atoms with E-state index in [1.54, 1.807) is 11.4 Å². The Morgan fingerprint density at radius 2 is 2.32 bits per heavy atom. The Bertz CT molecular complexity index is 607. The third kappa shape index (κ3) is 3.56. The van der Waals surface area contributed by atoms with Crippen LogP contribution in [0.2, 0.25) is 0 Å². The summed E-state index contributed by atoms with van der Waals surface area (Å²) in [5.74, 6) is -0.298. The normalized spacial score (nSPS) is 10.4. The lowest BCUT2D eigenvalue weighted by molar-refractivity contribution is -0.380. The molecule has 3 N–H and O–H groups in total. The highest BCUT2D eigenvalue weighted by Gasteiger charge is 2.11. The zero-order valence-electron chi connectivity index (χ0n) is 9.66. The Kier molecular flexibility index (Phi) is 4.20. The zero-order valence-corrected chi connectivity index (χ0v) is 11.3. The number of nitro groups is 1. The molecule has 1 amide bonds. The van der Waals surface area contributed by atoms with Crippen LogP contribution in [0.4, 0.5) is 10.1 Å². The van der Waals surface area contributed by atoms with Crippen molar-refractivity contribution in [1.82, 2.24) is 4.98 Å². The van der Waals surface area contributed by atoms with Crippen molar-refractivity contribution in [3.8, 4) is 0 Å². The molecule has 2 rings (SSSR count). The van der Waals surface area contributed by atoms with Crippen molar-refractivity contribution in [2.75, 3.05) is 11.9 Å². The van der Waals surface area contributed by atoms with E-state index < -0.39 is 4.92 Å². The van der Waals surface area contributed by atoms with Crippen LogP contribution in [0.3, 0.4) is 0 Å². The average Bonchev–Trinajstić information content (AvgIpc) is 2.99. The Hall–Kier alpha value is -1.84. The lowest BCUT2D eigenvalue weighted by atomic mass is 10.3. The SMILES string of the molecule is NCC(=O)Nc1nc(Cc2ccc([N+](=O)[O-])s2)cs1. The zero-order chi connectivity index (χ0) is 13.8. The van der Waals surface area contributed by atoms with Crippen molar-refractivity contribution in [3.05, 3.63) is 38.2 Å². The Morgan fingerprint density at radius 3 is 2.95 bits per heavy atom. The fourth-order valence-electron chi connectivity index (χ4n) is 1.35. The van der Waals surface area contributed by atoms with Crippen LogP contribution in [0.5, 0.6) is 0 Å². The van der Waals surface area contributed by atoms with Gasteiger partial charge in [0.05, 0.1) is 17.2 Å². The molecule has 0 atom stereocenters. The molecule has 0 aliphatic rings. The first-order chi connectivity index (χ1) is 9.08. The van der Waals surface area contributed by atoms with Crippen molar-refractivity contribution in [3.63, 3.8) is 0 Å². The maximum atomic E-state index is 11.1. The third-order valence-corrected chi connectivity index (χ3v) is 4.01. The van der Waals surface area contributed by atoms with Crippen molar-refractivity contribution in [2.45, 2.75) is 6.42 Å². The Morgan fingerprint density at radius 1 is 1.53 bits per heavy atom. The van der Waals surface area contributed by atoms with Crippen LogP contribution in [0, 0.1) is 10.1 Å². The molecule has 0 saturated heterocycles. The van der Waals surface area contributed by atoms with E-state index in [0.717, 1.165) is 21.9 Å². The molecule has 2 aromatic heterocycles. The first-order valence-electron chi connectivity index (χ1n) is 5.26. The van der Waals surface area contributed by atoms with Gasteiger partial charge in [-0.3, -0.25) is 14.9 Å². The minimum Gasteiger partial charge on any atom is -0.322 e. The minimum atomic E-state index is -0.415. The second-order valence-electron chi connectivity index (χ2n) is 3.57. The van der Waals surface area contributed by atoms with Crippen LogP contribution in [-0.4, -0.2) is 22.4 Å². The lowest BCUT2D eigenvalue weighted by Crippen LogP contribution is -2.21. The molecule has 2 heterocycles. The number of hydrogen-bond acceptors (Lipinski definition) is 7. The molecule has 2 aromatic rings. The second kappa shape index (κ2) is 5.87. The van der Waals surface area contributed by atoms with E-state index in [-0.39, 0.29) is 17.5 Å². The van der Waals surface area contributed by atoms with Crippen molar-refractivity contribution >= 4 is 38.7 Å². The van der Waals surface area contributed by atoms with Crippen LogP contribution in [0.1, 0.15) is 10.6 Å². The van der Waals surface area contributed by atoms with E-state index in [1.807, 2.05) is 0 Å². The molecular weight excluding hydrogens is 288 g/mol. The Labute approximate surface area is 116 Å². The van der Waals surface area contributed by atoms with E-state index in [0.29, 0.717) is 11.6 Å². The lowest BCUT2D eigenvalue weighted by Gasteiger charge is -1.96. The van der Waals surface area contributed by atoms with Gasteiger partial charge in [-0.15, -0.1) is 11.3 Å². The van der Waals surface area contributed by atoms with Gasteiger partial charge in [0.15, 0.2) is 5.13 Å². The van der Waals surface area contributed by atoms with Gasteiger partial charge in [-0.2, -0.15) is 0 Å². The topological polar surface area (TPSA) is 111 Å². The monoisotopic (exact) mass is 298 g/mol. The quantitative estimate of drug-likeness (QED) is 0.643. The summed E-state index contributed by atoms with van der Waals surface area (Å²) in [7, 11) is 0. The number of thiazole rings is 1. The molecule has 0 fully saturated rings.